The van der Waals surface area contributed by atoms with E-state index in [0.717, 1.165) is 77.5 Å². The van der Waals surface area contributed by atoms with Crippen LogP contribution in [0, 0.1) is 0 Å². The minimum atomic E-state index is 0.526. The maximum Gasteiger partial charge on any atom is 0.180 e. The van der Waals surface area contributed by atoms with E-state index < -0.39 is 0 Å². The van der Waals surface area contributed by atoms with Gasteiger partial charge in [-0.05, 0) is 47.5 Å². The molecule has 7 nitrogen and oxygen atoms in total. The van der Waals surface area contributed by atoms with E-state index in [4.69, 9.17) is 29.3 Å². The number of aromatic nitrogens is 6. The molecule has 62 heavy (non-hydrogen) atoms. The van der Waals surface area contributed by atoms with Crippen molar-refractivity contribution in [1.29, 1.82) is 0 Å². The van der Waals surface area contributed by atoms with Crippen molar-refractivity contribution < 1.29 is 4.42 Å². The molecular weight excluding hydrogens is 761 g/mol. The molecule has 0 fully saturated rings. The molecule has 0 aliphatic carbocycles. The van der Waals surface area contributed by atoms with Crippen LogP contribution >= 0.6 is 0 Å². The van der Waals surface area contributed by atoms with Gasteiger partial charge in [0, 0.05) is 44.0 Å². The number of benzene rings is 8. The van der Waals surface area contributed by atoms with Crippen molar-refractivity contribution in [1.82, 2.24) is 29.5 Å². The summed E-state index contributed by atoms with van der Waals surface area (Å²) >= 11 is 0. The molecule has 0 atom stereocenters. The second-order valence-electron chi connectivity index (χ2n) is 15.2. The molecule has 290 valence electrons. The van der Waals surface area contributed by atoms with E-state index in [9.17, 15) is 0 Å². The van der Waals surface area contributed by atoms with E-state index in [1.165, 1.54) is 5.39 Å². The summed E-state index contributed by atoms with van der Waals surface area (Å²) in [6, 6.07) is 70.5. The quantitative estimate of drug-likeness (QED) is 0.160. The smallest absolute Gasteiger partial charge is 0.180 e. The molecule has 7 heteroatoms. The Morgan fingerprint density at radius 1 is 0.355 bits per heavy atom. The molecule has 0 N–H and O–H groups in total. The van der Waals surface area contributed by atoms with E-state index in [1.807, 2.05) is 115 Å². The van der Waals surface area contributed by atoms with Crippen LogP contribution in [0.25, 0.3) is 117 Å². The molecular formula is C55H34N6O. The number of furan rings is 1. The lowest BCUT2D eigenvalue weighted by Gasteiger charge is -2.16. The van der Waals surface area contributed by atoms with Crippen LogP contribution < -0.4 is 0 Å². The fourth-order valence-corrected chi connectivity index (χ4v) is 8.63. The van der Waals surface area contributed by atoms with Gasteiger partial charge in [0.05, 0.1) is 16.7 Å². The predicted octanol–water partition coefficient (Wildman–Crippen LogP) is 13.7. The molecule has 4 heterocycles. The molecule has 0 aliphatic heterocycles. The summed E-state index contributed by atoms with van der Waals surface area (Å²) in [4.78, 5) is 26.0. The van der Waals surface area contributed by atoms with Gasteiger partial charge < -0.3 is 8.98 Å². The van der Waals surface area contributed by atoms with Crippen LogP contribution in [0.4, 0.5) is 0 Å². The maximum absolute atomic E-state index is 6.63. The van der Waals surface area contributed by atoms with Crippen molar-refractivity contribution in [2.24, 2.45) is 0 Å². The highest BCUT2D eigenvalue weighted by molar-refractivity contribution is 6.16. The number of rotatable bonds is 7. The highest BCUT2D eigenvalue weighted by atomic mass is 16.3. The molecule has 0 aliphatic rings. The van der Waals surface area contributed by atoms with Gasteiger partial charge in [0.1, 0.15) is 16.8 Å². The Balaban J connectivity index is 1.19. The minimum absolute atomic E-state index is 0.526. The summed E-state index contributed by atoms with van der Waals surface area (Å²) < 4.78 is 8.97. The van der Waals surface area contributed by atoms with Crippen LogP contribution in [0.5, 0.6) is 0 Å². The Morgan fingerprint density at radius 2 is 0.887 bits per heavy atom. The lowest BCUT2D eigenvalue weighted by molar-refractivity contribution is 0.667. The molecule has 0 saturated carbocycles. The van der Waals surface area contributed by atoms with Gasteiger partial charge in [0.25, 0.3) is 0 Å². The van der Waals surface area contributed by atoms with Crippen LogP contribution in [0.1, 0.15) is 0 Å². The molecule has 12 rings (SSSR count). The highest BCUT2D eigenvalue weighted by Crippen LogP contribution is 2.43. The van der Waals surface area contributed by atoms with E-state index in [-0.39, 0.29) is 0 Å². The molecule has 4 aromatic heterocycles. The third-order valence-electron chi connectivity index (χ3n) is 11.5. The zero-order chi connectivity index (χ0) is 41.0. The second kappa shape index (κ2) is 14.6. The number of fused-ring (bicyclic) bond motifs is 6. The average molecular weight is 795 g/mol. The van der Waals surface area contributed by atoms with Crippen LogP contribution in [0.15, 0.2) is 211 Å². The third kappa shape index (κ3) is 5.94. The van der Waals surface area contributed by atoms with Crippen molar-refractivity contribution >= 4 is 43.9 Å². The summed E-state index contributed by atoms with van der Waals surface area (Å²) in [5.74, 6) is 2.29. The Morgan fingerprint density at radius 3 is 1.55 bits per heavy atom. The average Bonchev–Trinajstić information content (AvgIpc) is 3.90. The molecule has 8 aromatic carbocycles. The van der Waals surface area contributed by atoms with Crippen molar-refractivity contribution in [3.63, 3.8) is 0 Å². The molecule has 0 unspecified atom stereocenters. The van der Waals surface area contributed by atoms with Crippen LogP contribution in [-0.4, -0.2) is 29.5 Å². The van der Waals surface area contributed by atoms with E-state index in [1.54, 1.807) is 0 Å². The summed E-state index contributed by atoms with van der Waals surface area (Å²) in [5, 5.41) is 3.24. The lowest BCUT2D eigenvalue weighted by atomic mass is 9.99. The first-order valence-electron chi connectivity index (χ1n) is 20.6. The monoisotopic (exact) mass is 794 g/mol. The van der Waals surface area contributed by atoms with Crippen LogP contribution in [0.3, 0.4) is 0 Å². The predicted molar refractivity (Wildman–Crippen MR) is 250 cm³/mol. The highest BCUT2D eigenvalue weighted by Gasteiger charge is 2.24. The van der Waals surface area contributed by atoms with Gasteiger partial charge in [-0.2, -0.15) is 0 Å². The van der Waals surface area contributed by atoms with Gasteiger partial charge in [0.15, 0.2) is 28.9 Å². The van der Waals surface area contributed by atoms with Gasteiger partial charge >= 0.3 is 0 Å². The van der Waals surface area contributed by atoms with Crippen LogP contribution in [0.2, 0.25) is 0 Å². The number of para-hydroxylation sites is 2. The number of hydrogen-bond acceptors (Lipinski definition) is 6. The van der Waals surface area contributed by atoms with E-state index >= 15 is 0 Å². The Bertz CT molecular complexity index is 3560. The molecule has 0 spiro atoms. The Kier molecular flexibility index (Phi) is 8.35. The van der Waals surface area contributed by atoms with E-state index in [2.05, 4.69) is 95.6 Å². The van der Waals surface area contributed by atoms with Crippen molar-refractivity contribution in [2.45, 2.75) is 0 Å². The van der Waals surface area contributed by atoms with Gasteiger partial charge in [-0.1, -0.05) is 170 Å². The van der Waals surface area contributed by atoms with Crippen molar-refractivity contribution in [3.8, 4) is 73.6 Å². The lowest BCUT2D eigenvalue weighted by Crippen LogP contribution is -2.04. The Hall–Kier alpha value is -8.55. The standard InChI is InChI=1S/C55H34N6O/c1-5-18-35(19-6-1)40-28-17-30-46-48(40)41-26-13-15-29-44(41)61(46)45-33-32-39(49-51-50(42-27-14-16-31-47(42)62-51)57-52(56-49)36-20-7-2-8-21-36)34-43(45)55-59-53(37-22-9-3-10-23-37)58-54(60-55)38-24-11-4-12-25-38/h1-34H. The van der Waals surface area contributed by atoms with Gasteiger partial charge in [-0.25, -0.2) is 24.9 Å². The van der Waals surface area contributed by atoms with Gasteiger partial charge in [0.2, 0.25) is 0 Å². The SMILES string of the molecule is c1ccc(-c2nc(-c3ccccc3)nc(-c3cc(-c4nc(-c5ccccc5)nc5c4oc4ccccc45)ccc3-n3c4ccccc4c4c(-c5ccccc5)cccc43)n2)cc1. The van der Waals surface area contributed by atoms with Gasteiger partial charge in [-0.15, -0.1) is 0 Å². The summed E-state index contributed by atoms with van der Waals surface area (Å²) in [6.07, 6.45) is 0. The second-order valence-corrected chi connectivity index (χ2v) is 15.2. The largest absolute Gasteiger partial charge is 0.452 e. The fraction of sp³-hybridized carbons (Fsp3) is 0. The Labute approximate surface area is 356 Å². The first-order valence-corrected chi connectivity index (χ1v) is 20.6. The maximum atomic E-state index is 6.63. The summed E-state index contributed by atoms with van der Waals surface area (Å²) in [7, 11) is 0. The van der Waals surface area contributed by atoms with Gasteiger partial charge in [-0.3, -0.25) is 0 Å². The minimum Gasteiger partial charge on any atom is -0.452 e. The van der Waals surface area contributed by atoms with Crippen molar-refractivity contribution in [3.05, 3.63) is 206 Å². The summed E-state index contributed by atoms with van der Waals surface area (Å²) in [6.45, 7) is 0. The topological polar surface area (TPSA) is 82.5 Å². The molecule has 0 amide bonds. The zero-order valence-electron chi connectivity index (χ0n) is 33.2. The fourth-order valence-electron chi connectivity index (χ4n) is 8.63. The molecule has 0 radical (unpaired) electrons. The summed E-state index contributed by atoms with van der Waals surface area (Å²) in [5.41, 5.74) is 12.5. The first kappa shape index (κ1) is 35.4. The van der Waals surface area contributed by atoms with E-state index in [0.29, 0.717) is 34.6 Å². The molecule has 12 aromatic rings. The van der Waals surface area contributed by atoms with Crippen molar-refractivity contribution in [2.75, 3.05) is 0 Å². The van der Waals surface area contributed by atoms with Crippen LogP contribution in [-0.2, 0) is 0 Å². The third-order valence-corrected chi connectivity index (χ3v) is 11.5. The molecule has 0 bridgehead atoms. The normalized spacial score (nSPS) is 11.5. The molecule has 0 saturated heterocycles. The number of nitrogens with zero attached hydrogens (tertiary/aromatic N) is 6. The first-order chi connectivity index (χ1) is 30.7. The number of hydrogen-bond donors (Lipinski definition) is 0. The zero-order valence-corrected chi connectivity index (χ0v) is 33.2.